The molecule has 0 radical (unpaired) electrons. The van der Waals surface area contributed by atoms with Crippen molar-refractivity contribution in [3.05, 3.63) is 50.6 Å². The number of hydrogen-bond acceptors (Lipinski definition) is 3. The summed E-state index contributed by atoms with van der Waals surface area (Å²) in [6.45, 7) is 0.0421. The first-order chi connectivity index (χ1) is 9.61. The fourth-order valence-corrected chi connectivity index (χ4v) is 3.50. The second-order valence-electron chi connectivity index (χ2n) is 4.11. The number of thiophene rings is 1. The Kier molecular flexibility index (Phi) is 5.51. The average Bonchev–Trinajstić information content (AvgIpc) is 2.83. The molecule has 2 nitrogen and oxygen atoms in total. The second kappa shape index (κ2) is 7.15. The first-order valence-electron chi connectivity index (χ1n) is 6.11. The number of alkyl halides is 2. The van der Waals surface area contributed by atoms with Crippen molar-refractivity contribution >= 4 is 27.3 Å². The van der Waals surface area contributed by atoms with Gasteiger partial charge in [0, 0.05) is 9.85 Å². The lowest BCUT2D eigenvalue weighted by Gasteiger charge is -2.18. The molecule has 0 amide bonds. The van der Waals surface area contributed by atoms with Crippen LogP contribution in [0.25, 0.3) is 0 Å². The van der Waals surface area contributed by atoms with Gasteiger partial charge in [0.25, 0.3) is 0 Å². The first kappa shape index (κ1) is 15.4. The molecule has 0 aliphatic rings. The Morgan fingerprint density at radius 1 is 1.25 bits per heavy atom. The van der Waals surface area contributed by atoms with Crippen molar-refractivity contribution in [1.82, 2.24) is 5.32 Å². The minimum atomic E-state index is -2.79. The monoisotopic (exact) mass is 361 g/mol. The minimum Gasteiger partial charge on any atom is -0.435 e. The SMILES string of the molecule is CCNC(c1ccc(OC(F)F)cc1)c1cscc1Br. The molecule has 0 saturated carbocycles. The van der Waals surface area contributed by atoms with Gasteiger partial charge < -0.3 is 10.1 Å². The molecule has 0 saturated heterocycles. The van der Waals surface area contributed by atoms with Crippen molar-refractivity contribution in [3.63, 3.8) is 0 Å². The van der Waals surface area contributed by atoms with Crippen LogP contribution in [0.4, 0.5) is 8.78 Å². The van der Waals surface area contributed by atoms with E-state index in [1.807, 2.05) is 12.3 Å². The molecule has 0 spiro atoms. The molecule has 2 rings (SSSR count). The second-order valence-corrected chi connectivity index (χ2v) is 5.71. The van der Waals surface area contributed by atoms with E-state index < -0.39 is 6.61 Å². The summed E-state index contributed by atoms with van der Waals surface area (Å²) < 4.78 is 29.7. The van der Waals surface area contributed by atoms with E-state index >= 15 is 0 Å². The number of nitrogens with one attached hydrogen (secondary N) is 1. The molecule has 0 bridgehead atoms. The Hall–Kier alpha value is -0.980. The lowest BCUT2D eigenvalue weighted by molar-refractivity contribution is -0.0498. The molecular formula is C14H14BrF2NOS. The largest absolute Gasteiger partial charge is 0.435 e. The van der Waals surface area contributed by atoms with Gasteiger partial charge in [0.2, 0.25) is 0 Å². The van der Waals surface area contributed by atoms with Crippen molar-refractivity contribution in [2.24, 2.45) is 0 Å². The summed E-state index contributed by atoms with van der Waals surface area (Å²) in [6, 6.07) is 6.75. The summed E-state index contributed by atoms with van der Waals surface area (Å²) in [5.41, 5.74) is 2.15. The summed E-state index contributed by atoms with van der Waals surface area (Å²) in [5, 5.41) is 7.48. The molecule has 1 atom stereocenters. The van der Waals surface area contributed by atoms with E-state index in [0.29, 0.717) is 0 Å². The maximum Gasteiger partial charge on any atom is 0.387 e. The predicted molar refractivity (Wildman–Crippen MR) is 80.6 cm³/mol. The van der Waals surface area contributed by atoms with E-state index in [2.05, 4.69) is 31.4 Å². The summed E-state index contributed by atoms with van der Waals surface area (Å²) in [7, 11) is 0. The highest BCUT2D eigenvalue weighted by Crippen LogP contribution is 2.32. The quantitative estimate of drug-likeness (QED) is 0.796. The molecule has 1 heterocycles. The number of rotatable bonds is 6. The van der Waals surface area contributed by atoms with Crippen LogP contribution in [0.5, 0.6) is 5.75 Å². The standard InChI is InChI=1S/C14H14BrF2NOS/c1-2-18-13(11-7-20-8-12(11)15)9-3-5-10(6-4-9)19-14(16)17/h3-8,13-14,18H,2H2,1H3. The van der Waals surface area contributed by atoms with E-state index in [9.17, 15) is 8.78 Å². The van der Waals surface area contributed by atoms with Crippen molar-refractivity contribution in [2.75, 3.05) is 6.54 Å². The molecule has 2 aromatic rings. The molecular weight excluding hydrogens is 348 g/mol. The molecule has 1 N–H and O–H groups in total. The Morgan fingerprint density at radius 2 is 1.95 bits per heavy atom. The highest BCUT2D eigenvalue weighted by Gasteiger charge is 2.17. The van der Waals surface area contributed by atoms with Gasteiger partial charge in [-0.05, 0) is 51.1 Å². The summed E-state index contributed by atoms with van der Waals surface area (Å²) in [5.74, 6) is 0.170. The van der Waals surface area contributed by atoms with Gasteiger partial charge in [-0.2, -0.15) is 20.1 Å². The zero-order valence-corrected chi connectivity index (χ0v) is 13.2. The van der Waals surface area contributed by atoms with Gasteiger partial charge in [-0.3, -0.25) is 0 Å². The van der Waals surface area contributed by atoms with Crippen LogP contribution in [0, 0.1) is 0 Å². The molecule has 20 heavy (non-hydrogen) atoms. The third-order valence-corrected chi connectivity index (χ3v) is 4.55. The van der Waals surface area contributed by atoms with Crippen LogP contribution < -0.4 is 10.1 Å². The number of benzene rings is 1. The zero-order valence-electron chi connectivity index (χ0n) is 10.8. The maximum atomic E-state index is 12.1. The van der Waals surface area contributed by atoms with Crippen molar-refractivity contribution in [3.8, 4) is 5.75 Å². The fraction of sp³-hybridized carbons (Fsp3) is 0.286. The van der Waals surface area contributed by atoms with Gasteiger partial charge in [0.15, 0.2) is 0 Å². The van der Waals surface area contributed by atoms with Crippen LogP contribution in [0.15, 0.2) is 39.5 Å². The first-order valence-corrected chi connectivity index (χ1v) is 7.85. The fourth-order valence-electron chi connectivity index (χ4n) is 1.95. The van der Waals surface area contributed by atoms with Gasteiger partial charge in [-0.15, -0.1) is 0 Å². The van der Waals surface area contributed by atoms with Gasteiger partial charge in [-0.25, -0.2) is 0 Å². The molecule has 6 heteroatoms. The Balaban J connectivity index is 2.24. The van der Waals surface area contributed by atoms with Gasteiger partial charge in [-0.1, -0.05) is 19.1 Å². The molecule has 0 fully saturated rings. The summed E-state index contributed by atoms with van der Waals surface area (Å²) in [4.78, 5) is 0. The van der Waals surface area contributed by atoms with E-state index in [1.54, 1.807) is 35.6 Å². The van der Waals surface area contributed by atoms with Crippen LogP contribution in [0.1, 0.15) is 24.1 Å². The van der Waals surface area contributed by atoms with Crippen LogP contribution >= 0.6 is 27.3 Å². The van der Waals surface area contributed by atoms with Crippen LogP contribution in [-0.2, 0) is 0 Å². The third-order valence-electron chi connectivity index (χ3n) is 2.80. The highest BCUT2D eigenvalue weighted by atomic mass is 79.9. The van der Waals surface area contributed by atoms with E-state index in [-0.39, 0.29) is 11.8 Å². The molecule has 1 aromatic carbocycles. The lowest BCUT2D eigenvalue weighted by atomic mass is 10.0. The molecule has 1 aromatic heterocycles. The number of halogens is 3. The number of ether oxygens (including phenoxy) is 1. The third kappa shape index (κ3) is 3.77. The van der Waals surface area contributed by atoms with Gasteiger partial charge in [0.05, 0.1) is 6.04 Å². The van der Waals surface area contributed by atoms with Crippen LogP contribution in [0.3, 0.4) is 0 Å². The van der Waals surface area contributed by atoms with E-state index in [4.69, 9.17) is 0 Å². The Labute approximate surface area is 128 Å². The van der Waals surface area contributed by atoms with E-state index in [1.165, 1.54) is 0 Å². The van der Waals surface area contributed by atoms with Crippen molar-refractivity contribution in [1.29, 1.82) is 0 Å². The average molecular weight is 362 g/mol. The normalized spacial score (nSPS) is 12.7. The number of hydrogen-bond donors (Lipinski definition) is 1. The Morgan fingerprint density at radius 3 is 2.45 bits per heavy atom. The summed E-state index contributed by atoms with van der Waals surface area (Å²) in [6.07, 6.45) is 0. The molecule has 1 unspecified atom stereocenters. The molecule has 0 aliphatic heterocycles. The lowest BCUT2D eigenvalue weighted by Crippen LogP contribution is -2.21. The minimum absolute atomic E-state index is 0.0289. The van der Waals surface area contributed by atoms with Crippen molar-refractivity contribution in [2.45, 2.75) is 19.6 Å². The smallest absolute Gasteiger partial charge is 0.387 e. The molecule has 108 valence electrons. The Bertz CT molecular complexity index is 544. The molecule has 0 aliphatic carbocycles. The summed E-state index contributed by atoms with van der Waals surface area (Å²) >= 11 is 5.14. The van der Waals surface area contributed by atoms with Crippen LogP contribution in [-0.4, -0.2) is 13.2 Å². The topological polar surface area (TPSA) is 21.3 Å². The zero-order chi connectivity index (χ0) is 14.5. The van der Waals surface area contributed by atoms with Crippen molar-refractivity contribution < 1.29 is 13.5 Å². The highest BCUT2D eigenvalue weighted by molar-refractivity contribution is 9.10. The maximum absolute atomic E-state index is 12.1. The van der Waals surface area contributed by atoms with Gasteiger partial charge in [0.1, 0.15) is 5.75 Å². The van der Waals surface area contributed by atoms with E-state index in [0.717, 1.165) is 22.1 Å². The van der Waals surface area contributed by atoms with Gasteiger partial charge >= 0.3 is 6.61 Å². The predicted octanol–water partition coefficient (Wildman–Crippen LogP) is 4.81. The van der Waals surface area contributed by atoms with Crippen LogP contribution in [0.2, 0.25) is 0 Å².